The number of pyridine rings is 1. The lowest BCUT2D eigenvalue weighted by Crippen LogP contribution is -2.53. The summed E-state index contributed by atoms with van der Waals surface area (Å²) >= 11 is 1.42. The molecule has 0 saturated carbocycles. The van der Waals surface area contributed by atoms with Gasteiger partial charge in [0.05, 0.1) is 30.3 Å². The van der Waals surface area contributed by atoms with Gasteiger partial charge in [0.15, 0.2) is 0 Å². The molecule has 3 atom stereocenters. The molecule has 0 bridgehead atoms. The van der Waals surface area contributed by atoms with Crippen molar-refractivity contribution in [2.75, 3.05) is 12.4 Å². The van der Waals surface area contributed by atoms with Gasteiger partial charge in [0.25, 0.3) is 0 Å². The zero-order chi connectivity index (χ0) is 32.9. The van der Waals surface area contributed by atoms with Crippen molar-refractivity contribution in [1.29, 1.82) is 0 Å². The second-order valence-electron chi connectivity index (χ2n) is 12.2. The summed E-state index contributed by atoms with van der Waals surface area (Å²) in [5.41, 5.74) is -0.367. The van der Waals surface area contributed by atoms with E-state index >= 15 is 0 Å². The quantitative estimate of drug-likeness (QED) is 0.153. The molecule has 1 aliphatic heterocycles. The summed E-state index contributed by atoms with van der Waals surface area (Å²) in [6.07, 6.45) is 6.12. The molecule has 1 aromatic rings. The molecule has 0 saturated heterocycles. The monoisotopic (exact) mass is 632 g/mol. The van der Waals surface area contributed by atoms with Crippen LogP contribution in [-0.2, 0) is 35.1 Å². The highest BCUT2D eigenvalue weighted by atomic mass is 32.2. The van der Waals surface area contributed by atoms with Crippen LogP contribution in [0, 0.1) is 5.92 Å². The third-order valence-electron chi connectivity index (χ3n) is 6.32. The first-order valence-corrected chi connectivity index (χ1v) is 16.1. The SMILES string of the molecule is CCC/C=C/[C@H](CC(=O)OCCC)OC(=O)C(NC(=O)[C@]1(C)CSC(c2ccnc(CNC(=O)OC(C)(C)C)c2)=N1)C(C)C. The molecule has 0 spiro atoms. The highest BCUT2D eigenvalue weighted by Gasteiger charge is 2.41. The van der Waals surface area contributed by atoms with Crippen molar-refractivity contribution in [3.63, 3.8) is 0 Å². The van der Waals surface area contributed by atoms with Gasteiger partial charge in [0, 0.05) is 17.5 Å². The maximum absolute atomic E-state index is 13.5. The molecule has 0 radical (unpaired) electrons. The van der Waals surface area contributed by atoms with E-state index in [1.165, 1.54) is 11.8 Å². The van der Waals surface area contributed by atoms with Crippen LogP contribution in [0.4, 0.5) is 4.79 Å². The molecule has 1 unspecified atom stereocenters. The predicted octanol–water partition coefficient (Wildman–Crippen LogP) is 5.11. The number of carbonyl (C=O) groups excluding carboxylic acids is 4. The maximum Gasteiger partial charge on any atom is 0.407 e. The molecule has 2 amide bonds. The summed E-state index contributed by atoms with van der Waals surface area (Å²) in [6, 6.07) is 2.65. The topological polar surface area (TPSA) is 145 Å². The van der Waals surface area contributed by atoms with Crippen LogP contribution in [0.5, 0.6) is 0 Å². The molecule has 244 valence electrons. The number of amides is 2. The number of hydrogen-bond donors (Lipinski definition) is 2. The number of rotatable bonds is 15. The van der Waals surface area contributed by atoms with Crippen LogP contribution in [-0.4, -0.2) is 69.6 Å². The summed E-state index contributed by atoms with van der Waals surface area (Å²) in [5.74, 6) is -1.39. The Bertz CT molecular complexity index is 1210. The summed E-state index contributed by atoms with van der Waals surface area (Å²) < 4.78 is 16.2. The molecule has 11 nitrogen and oxygen atoms in total. The number of aromatic nitrogens is 1. The highest BCUT2D eigenvalue weighted by molar-refractivity contribution is 8.14. The first kappa shape index (κ1) is 36.8. The van der Waals surface area contributed by atoms with E-state index in [0.717, 1.165) is 18.4 Å². The molecule has 44 heavy (non-hydrogen) atoms. The number of nitrogens with one attached hydrogen (secondary N) is 2. The lowest BCUT2D eigenvalue weighted by Gasteiger charge is -2.27. The second-order valence-corrected chi connectivity index (χ2v) is 13.1. The molecule has 0 aliphatic carbocycles. The van der Waals surface area contributed by atoms with E-state index < -0.39 is 47.2 Å². The van der Waals surface area contributed by atoms with Crippen LogP contribution < -0.4 is 10.6 Å². The number of alkyl carbamates (subject to hydrolysis) is 1. The predicted molar refractivity (Wildman–Crippen MR) is 171 cm³/mol. The van der Waals surface area contributed by atoms with Gasteiger partial charge in [-0.05, 0) is 64.7 Å². The van der Waals surface area contributed by atoms with Crippen molar-refractivity contribution in [2.24, 2.45) is 10.9 Å². The number of ether oxygens (including phenoxy) is 3. The summed E-state index contributed by atoms with van der Waals surface area (Å²) in [7, 11) is 0. The van der Waals surface area contributed by atoms with E-state index in [9.17, 15) is 19.2 Å². The van der Waals surface area contributed by atoms with Gasteiger partial charge in [-0.25, -0.2) is 9.59 Å². The zero-order valence-corrected chi connectivity index (χ0v) is 28.0. The van der Waals surface area contributed by atoms with Gasteiger partial charge >= 0.3 is 18.0 Å². The largest absolute Gasteiger partial charge is 0.466 e. The van der Waals surface area contributed by atoms with E-state index in [0.29, 0.717) is 29.5 Å². The lowest BCUT2D eigenvalue weighted by atomic mass is 10.00. The molecule has 1 aromatic heterocycles. The molecule has 12 heteroatoms. The van der Waals surface area contributed by atoms with E-state index in [1.54, 1.807) is 52.1 Å². The minimum atomic E-state index is -1.13. The number of esters is 2. The Kier molecular flexibility index (Phi) is 14.4. The Morgan fingerprint density at radius 3 is 2.52 bits per heavy atom. The normalized spacial score (nSPS) is 18.0. The summed E-state index contributed by atoms with van der Waals surface area (Å²) in [4.78, 5) is 60.1. The third kappa shape index (κ3) is 12.3. The van der Waals surface area contributed by atoms with Crippen molar-refractivity contribution in [3.8, 4) is 0 Å². The van der Waals surface area contributed by atoms with Gasteiger partial charge in [-0.3, -0.25) is 19.6 Å². The minimum Gasteiger partial charge on any atom is -0.466 e. The molecule has 2 N–H and O–H groups in total. The fourth-order valence-electron chi connectivity index (χ4n) is 3.97. The first-order valence-electron chi connectivity index (χ1n) is 15.2. The van der Waals surface area contributed by atoms with Crippen LogP contribution in [0.25, 0.3) is 0 Å². The van der Waals surface area contributed by atoms with Crippen molar-refractivity contribution < 1.29 is 33.4 Å². The Morgan fingerprint density at radius 2 is 1.89 bits per heavy atom. The fourth-order valence-corrected chi connectivity index (χ4v) is 5.14. The summed E-state index contributed by atoms with van der Waals surface area (Å²) in [6.45, 7) is 15.1. The third-order valence-corrected chi connectivity index (χ3v) is 7.63. The standard InChI is InChI=1S/C32H48N4O7S/c1-9-11-12-13-24(18-25(37)41-16-10-2)42-28(38)26(21(3)4)35-29(39)32(8)20-44-27(36-32)22-14-15-33-23(17-22)19-34-30(40)43-31(5,6)7/h12-15,17,21,24,26H,9-11,16,18-20H2,1-8H3,(H,34,40)(H,35,39)/b13-12+/t24-,26?,32+/m1/s1. The molecule has 2 rings (SSSR count). The average molecular weight is 633 g/mol. The van der Waals surface area contributed by atoms with Gasteiger partial charge in [-0.1, -0.05) is 40.2 Å². The highest BCUT2D eigenvalue weighted by Crippen LogP contribution is 2.31. The van der Waals surface area contributed by atoms with E-state index in [4.69, 9.17) is 19.2 Å². The number of aliphatic imine (C=N–C) groups is 1. The van der Waals surface area contributed by atoms with E-state index in [2.05, 4.69) is 15.6 Å². The number of unbranched alkanes of at least 4 members (excludes halogenated alkanes) is 1. The molecular weight excluding hydrogens is 584 g/mol. The van der Waals surface area contributed by atoms with Gasteiger partial charge < -0.3 is 24.8 Å². The zero-order valence-electron chi connectivity index (χ0n) is 27.2. The van der Waals surface area contributed by atoms with E-state index in [-0.39, 0.29) is 18.9 Å². The van der Waals surface area contributed by atoms with Crippen LogP contribution in [0.15, 0.2) is 35.5 Å². The number of hydrogen-bond acceptors (Lipinski definition) is 10. The molecule has 0 aromatic carbocycles. The Balaban J connectivity index is 2.12. The van der Waals surface area contributed by atoms with Gasteiger partial charge in [-0.2, -0.15) is 0 Å². The number of nitrogens with zero attached hydrogens (tertiary/aromatic N) is 2. The minimum absolute atomic E-state index is 0.103. The molecule has 1 aliphatic rings. The fraction of sp³-hybridized carbons (Fsp3) is 0.625. The Hall–Kier alpha value is -3.41. The molecular formula is C32H48N4O7S. The first-order chi connectivity index (χ1) is 20.7. The second kappa shape index (κ2) is 17.2. The Morgan fingerprint density at radius 1 is 1.16 bits per heavy atom. The van der Waals surface area contributed by atoms with Crippen LogP contribution >= 0.6 is 11.8 Å². The number of allylic oxidation sites excluding steroid dienone is 1. The van der Waals surface area contributed by atoms with Crippen molar-refractivity contribution in [2.45, 2.75) is 111 Å². The van der Waals surface area contributed by atoms with Crippen molar-refractivity contribution in [1.82, 2.24) is 15.6 Å². The number of carbonyl (C=O) groups is 4. The smallest absolute Gasteiger partial charge is 0.407 e. The van der Waals surface area contributed by atoms with Crippen molar-refractivity contribution in [3.05, 3.63) is 41.7 Å². The van der Waals surface area contributed by atoms with Gasteiger partial charge in [0.2, 0.25) is 5.91 Å². The Labute approximate surface area is 265 Å². The maximum atomic E-state index is 13.5. The molecule has 0 fully saturated rings. The number of thioether (sulfide) groups is 1. The lowest BCUT2D eigenvalue weighted by molar-refractivity contribution is -0.156. The van der Waals surface area contributed by atoms with Crippen LogP contribution in [0.3, 0.4) is 0 Å². The van der Waals surface area contributed by atoms with Crippen molar-refractivity contribution >= 4 is 40.7 Å². The van der Waals surface area contributed by atoms with Gasteiger partial charge in [0.1, 0.15) is 23.3 Å². The van der Waals surface area contributed by atoms with Crippen LogP contribution in [0.2, 0.25) is 0 Å². The molecule has 2 heterocycles. The van der Waals surface area contributed by atoms with Crippen LogP contribution in [0.1, 0.15) is 92.3 Å². The van der Waals surface area contributed by atoms with E-state index in [1.807, 2.05) is 33.8 Å². The van der Waals surface area contributed by atoms with Gasteiger partial charge in [-0.15, -0.1) is 11.8 Å². The average Bonchev–Trinajstić information content (AvgIpc) is 3.36. The summed E-state index contributed by atoms with van der Waals surface area (Å²) in [5, 5.41) is 6.19.